The summed E-state index contributed by atoms with van der Waals surface area (Å²) in [6.45, 7) is 7.39. The predicted molar refractivity (Wildman–Crippen MR) is 117 cm³/mol. The standard InChI is InChI=1S/C22H27ClN4O/c1-17-4-5-18(23)16-21(17)24-22(28)27-14-12-26(13-15-27)20-8-6-19(7-9-20)25-10-2-3-11-25/h4-9,16H,2-3,10-15H2,1H3,(H,24,28). The van der Waals surface area contributed by atoms with Crippen molar-refractivity contribution in [1.82, 2.24) is 4.90 Å². The maximum absolute atomic E-state index is 12.6. The molecule has 2 amide bonds. The van der Waals surface area contributed by atoms with Crippen molar-refractivity contribution in [2.45, 2.75) is 19.8 Å². The van der Waals surface area contributed by atoms with Crippen LogP contribution in [0.4, 0.5) is 21.9 Å². The second kappa shape index (κ2) is 8.31. The van der Waals surface area contributed by atoms with E-state index in [4.69, 9.17) is 11.6 Å². The molecule has 0 aliphatic carbocycles. The number of carbonyl (C=O) groups is 1. The topological polar surface area (TPSA) is 38.8 Å². The maximum atomic E-state index is 12.6. The van der Waals surface area contributed by atoms with Gasteiger partial charge in [-0.2, -0.15) is 0 Å². The van der Waals surface area contributed by atoms with Crippen molar-refractivity contribution in [3.05, 3.63) is 53.1 Å². The summed E-state index contributed by atoms with van der Waals surface area (Å²) in [6, 6.07) is 14.4. The average molecular weight is 399 g/mol. The fraction of sp³-hybridized carbons (Fsp3) is 0.409. The van der Waals surface area contributed by atoms with Gasteiger partial charge in [0.25, 0.3) is 0 Å². The summed E-state index contributed by atoms with van der Waals surface area (Å²) in [6.07, 6.45) is 2.58. The highest BCUT2D eigenvalue weighted by molar-refractivity contribution is 6.31. The van der Waals surface area contributed by atoms with Crippen molar-refractivity contribution in [3.63, 3.8) is 0 Å². The van der Waals surface area contributed by atoms with Crippen LogP contribution in [0.25, 0.3) is 0 Å². The lowest BCUT2D eigenvalue weighted by atomic mass is 10.2. The SMILES string of the molecule is Cc1ccc(Cl)cc1NC(=O)N1CCN(c2ccc(N3CCCC3)cc2)CC1. The van der Waals surface area contributed by atoms with Crippen LogP contribution in [0.15, 0.2) is 42.5 Å². The van der Waals surface area contributed by atoms with Gasteiger partial charge in [0.2, 0.25) is 0 Å². The first-order valence-electron chi connectivity index (χ1n) is 10.0. The zero-order valence-electron chi connectivity index (χ0n) is 16.3. The number of amides is 2. The number of benzene rings is 2. The lowest BCUT2D eigenvalue weighted by molar-refractivity contribution is 0.208. The van der Waals surface area contributed by atoms with Crippen molar-refractivity contribution in [3.8, 4) is 0 Å². The number of urea groups is 1. The summed E-state index contributed by atoms with van der Waals surface area (Å²) in [5.74, 6) is 0. The molecule has 28 heavy (non-hydrogen) atoms. The molecule has 0 saturated carbocycles. The Hall–Kier alpha value is -2.40. The molecule has 1 N–H and O–H groups in total. The van der Waals surface area contributed by atoms with Gasteiger partial charge >= 0.3 is 6.03 Å². The van der Waals surface area contributed by atoms with Gasteiger partial charge in [0, 0.05) is 61.4 Å². The minimum Gasteiger partial charge on any atom is -0.372 e. The van der Waals surface area contributed by atoms with E-state index in [-0.39, 0.29) is 6.03 Å². The number of piperazine rings is 1. The van der Waals surface area contributed by atoms with Crippen LogP contribution >= 0.6 is 11.6 Å². The Balaban J connectivity index is 1.32. The largest absolute Gasteiger partial charge is 0.372 e. The van der Waals surface area contributed by atoms with Gasteiger partial charge in [-0.15, -0.1) is 0 Å². The number of nitrogens with zero attached hydrogens (tertiary/aromatic N) is 3. The van der Waals surface area contributed by atoms with Crippen LogP contribution in [0.2, 0.25) is 5.02 Å². The molecule has 2 aromatic rings. The van der Waals surface area contributed by atoms with Crippen molar-refractivity contribution in [2.24, 2.45) is 0 Å². The molecule has 0 spiro atoms. The third kappa shape index (κ3) is 4.20. The fourth-order valence-corrected chi connectivity index (χ4v) is 4.11. The zero-order chi connectivity index (χ0) is 19.5. The van der Waals surface area contributed by atoms with E-state index in [9.17, 15) is 4.79 Å². The van der Waals surface area contributed by atoms with Crippen LogP contribution in [-0.2, 0) is 0 Å². The van der Waals surface area contributed by atoms with Gasteiger partial charge in [0.15, 0.2) is 0 Å². The molecule has 148 valence electrons. The van der Waals surface area contributed by atoms with Gasteiger partial charge in [-0.05, 0) is 61.7 Å². The minimum atomic E-state index is -0.0607. The molecule has 0 radical (unpaired) electrons. The Bertz CT molecular complexity index is 825. The number of hydrogen-bond donors (Lipinski definition) is 1. The van der Waals surface area contributed by atoms with Crippen LogP contribution < -0.4 is 15.1 Å². The molecule has 6 heteroatoms. The molecule has 0 atom stereocenters. The first kappa shape index (κ1) is 18.9. The highest BCUT2D eigenvalue weighted by Crippen LogP contribution is 2.25. The molecule has 0 bridgehead atoms. The maximum Gasteiger partial charge on any atom is 0.321 e. The first-order valence-corrected chi connectivity index (χ1v) is 10.4. The minimum absolute atomic E-state index is 0.0607. The Labute approximate surface area is 171 Å². The van der Waals surface area contributed by atoms with Crippen molar-refractivity contribution in [2.75, 3.05) is 54.4 Å². The number of anilines is 3. The number of rotatable bonds is 3. The molecule has 2 aliphatic rings. The molecule has 2 heterocycles. The number of halogens is 1. The number of aryl methyl sites for hydroxylation is 1. The smallest absolute Gasteiger partial charge is 0.321 e. The molecule has 2 fully saturated rings. The Kier molecular flexibility index (Phi) is 5.62. The van der Waals surface area contributed by atoms with E-state index in [1.165, 1.54) is 37.3 Å². The van der Waals surface area contributed by atoms with E-state index >= 15 is 0 Å². The molecule has 2 aromatic carbocycles. The average Bonchev–Trinajstić information content (AvgIpc) is 3.26. The highest BCUT2D eigenvalue weighted by Gasteiger charge is 2.22. The monoisotopic (exact) mass is 398 g/mol. The Morgan fingerprint density at radius 2 is 1.43 bits per heavy atom. The number of hydrogen-bond acceptors (Lipinski definition) is 3. The molecular formula is C22H27ClN4O. The quantitative estimate of drug-likeness (QED) is 0.820. The van der Waals surface area contributed by atoms with E-state index in [0.717, 1.165) is 24.3 Å². The third-order valence-corrected chi connectivity index (χ3v) is 5.93. The summed E-state index contributed by atoms with van der Waals surface area (Å²) in [5.41, 5.74) is 4.33. The van der Waals surface area contributed by atoms with Gasteiger partial charge in [-0.25, -0.2) is 4.79 Å². The van der Waals surface area contributed by atoms with Crippen LogP contribution in [0, 0.1) is 6.92 Å². The summed E-state index contributed by atoms with van der Waals surface area (Å²) < 4.78 is 0. The van der Waals surface area contributed by atoms with Gasteiger partial charge in [-0.3, -0.25) is 0 Å². The normalized spacial score (nSPS) is 17.1. The van der Waals surface area contributed by atoms with Crippen LogP contribution in [-0.4, -0.2) is 50.2 Å². The zero-order valence-corrected chi connectivity index (χ0v) is 17.1. The van der Waals surface area contributed by atoms with Crippen LogP contribution in [0.3, 0.4) is 0 Å². The Morgan fingerprint density at radius 3 is 2.04 bits per heavy atom. The van der Waals surface area contributed by atoms with Crippen LogP contribution in [0.1, 0.15) is 18.4 Å². The summed E-state index contributed by atoms with van der Waals surface area (Å²) in [5, 5.41) is 3.62. The molecule has 5 nitrogen and oxygen atoms in total. The van der Waals surface area contributed by atoms with E-state index < -0.39 is 0 Å². The van der Waals surface area contributed by atoms with Gasteiger partial charge in [0.1, 0.15) is 0 Å². The van der Waals surface area contributed by atoms with E-state index in [0.29, 0.717) is 18.1 Å². The fourth-order valence-electron chi connectivity index (χ4n) is 3.94. The predicted octanol–water partition coefficient (Wildman–Crippen LogP) is 4.60. The van der Waals surface area contributed by atoms with Gasteiger partial charge in [0.05, 0.1) is 0 Å². The number of carbonyl (C=O) groups excluding carboxylic acids is 1. The van der Waals surface area contributed by atoms with Crippen molar-refractivity contribution >= 4 is 34.7 Å². The third-order valence-electron chi connectivity index (χ3n) is 5.69. The molecule has 4 rings (SSSR count). The first-order chi connectivity index (χ1) is 13.6. The molecule has 2 saturated heterocycles. The number of nitrogens with one attached hydrogen (secondary N) is 1. The summed E-state index contributed by atoms with van der Waals surface area (Å²) >= 11 is 6.05. The molecule has 2 aliphatic heterocycles. The van der Waals surface area contributed by atoms with Gasteiger partial charge < -0.3 is 20.0 Å². The summed E-state index contributed by atoms with van der Waals surface area (Å²) in [4.78, 5) is 19.3. The molecule has 0 aromatic heterocycles. The molecule has 0 unspecified atom stereocenters. The van der Waals surface area contributed by atoms with Gasteiger partial charge in [-0.1, -0.05) is 17.7 Å². The summed E-state index contributed by atoms with van der Waals surface area (Å²) in [7, 11) is 0. The lowest BCUT2D eigenvalue weighted by Crippen LogP contribution is -2.50. The molecular weight excluding hydrogens is 372 g/mol. The second-order valence-electron chi connectivity index (χ2n) is 7.57. The Morgan fingerprint density at radius 1 is 0.857 bits per heavy atom. The second-order valence-corrected chi connectivity index (χ2v) is 8.01. The van der Waals surface area contributed by atoms with Crippen molar-refractivity contribution in [1.29, 1.82) is 0 Å². The van der Waals surface area contributed by atoms with E-state index in [2.05, 4.69) is 39.4 Å². The highest BCUT2D eigenvalue weighted by atomic mass is 35.5. The van der Waals surface area contributed by atoms with E-state index in [1.54, 1.807) is 6.07 Å². The lowest BCUT2D eigenvalue weighted by Gasteiger charge is -2.36. The van der Waals surface area contributed by atoms with E-state index in [1.807, 2.05) is 24.0 Å². The van der Waals surface area contributed by atoms with Crippen molar-refractivity contribution < 1.29 is 4.79 Å². The van der Waals surface area contributed by atoms with Crippen LogP contribution in [0.5, 0.6) is 0 Å².